The molecule has 14 heavy (non-hydrogen) atoms. The molecule has 0 unspecified atom stereocenters. The Balaban J connectivity index is 2.48. The number of hydrogen-bond acceptors (Lipinski definition) is 5. The van der Waals surface area contributed by atoms with E-state index in [9.17, 15) is 0 Å². The van der Waals surface area contributed by atoms with Crippen molar-refractivity contribution >= 4 is 16.5 Å². The molecule has 2 aromatic heterocycles. The first kappa shape index (κ1) is 9.21. The lowest BCUT2D eigenvalue weighted by Gasteiger charge is -1.93. The molecule has 2 heterocycles. The Morgan fingerprint density at radius 1 is 1.43 bits per heavy atom. The molecule has 0 aliphatic carbocycles. The number of rotatable bonds is 2. The summed E-state index contributed by atoms with van der Waals surface area (Å²) < 4.78 is 5.09. The Labute approximate surface area is 86.0 Å². The molecule has 74 valence electrons. The standard InChI is InChI=1S/C9H11N3OS/c1-5-8(6(2)13-12-5)7-4-14-9(10-3)11-7/h4H,1-3H3,(H,10,11). The van der Waals surface area contributed by atoms with Crippen LogP contribution in [-0.4, -0.2) is 17.2 Å². The second-order valence-electron chi connectivity index (χ2n) is 2.99. The van der Waals surface area contributed by atoms with Crippen LogP contribution in [0.1, 0.15) is 11.5 Å². The van der Waals surface area contributed by atoms with Crippen molar-refractivity contribution in [1.29, 1.82) is 0 Å². The van der Waals surface area contributed by atoms with Crippen LogP contribution in [0.2, 0.25) is 0 Å². The summed E-state index contributed by atoms with van der Waals surface area (Å²) in [7, 11) is 1.86. The van der Waals surface area contributed by atoms with Gasteiger partial charge in [0.1, 0.15) is 5.76 Å². The maximum absolute atomic E-state index is 5.09. The van der Waals surface area contributed by atoms with E-state index in [4.69, 9.17) is 4.52 Å². The van der Waals surface area contributed by atoms with E-state index in [1.165, 1.54) is 0 Å². The summed E-state index contributed by atoms with van der Waals surface area (Å²) in [6.07, 6.45) is 0. The summed E-state index contributed by atoms with van der Waals surface area (Å²) in [4.78, 5) is 4.40. The van der Waals surface area contributed by atoms with Gasteiger partial charge in [-0.25, -0.2) is 4.98 Å². The molecule has 0 atom stereocenters. The lowest BCUT2D eigenvalue weighted by atomic mass is 10.1. The quantitative estimate of drug-likeness (QED) is 0.825. The summed E-state index contributed by atoms with van der Waals surface area (Å²) in [6.45, 7) is 3.82. The molecule has 2 rings (SSSR count). The van der Waals surface area contributed by atoms with Crippen LogP contribution in [0.3, 0.4) is 0 Å². The molecule has 0 aromatic carbocycles. The highest BCUT2D eigenvalue weighted by atomic mass is 32.1. The summed E-state index contributed by atoms with van der Waals surface area (Å²) in [5, 5.41) is 9.80. The first-order valence-electron chi connectivity index (χ1n) is 4.29. The fraction of sp³-hybridized carbons (Fsp3) is 0.333. The van der Waals surface area contributed by atoms with Crippen LogP contribution in [0.4, 0.5) is 5.13 Å². The average Bonchev–Trinajstić information content (AvgIpc) is 2.73. The SMILES string of the molecule is CNc1nc(-c2c(C)noc2C)cs1. The molecule has 5 heteroatoms. The van der Waals surface area contributed by atoms with Gasteiger partial charge in [-0.2, -0.15) is 0 Å². The third-order valence-corrected chi connectivity index (χ3v) is 2.87. The second-order valence-corrected chi connectivity index (χ2v) is 3.85. The van der Waals surface area contributed by atoms with Crippen molar-refractivity contribution in [3.63, 3.8) is 0 Å². The number of anilines is 1. The molecule has 1 N–H and O–H groups in total. The van der Waals surface area contributed by atoms with Crippen molar-refractivity contribution in [3.05, 3.63) is 16.8 Å². The van der Waals surface area contributed by atoms with Crippen LogP contribution in [0.15, 0.2) is 9.90 Å². The van der Waals surface area contributed by atoms with Gasteiger partial charge in [-0.05, 0) is 13.8 Å². The van der Waals surface area contributed by atoms with Crippen LogP contribution >= 0.6 is 11.3 Å². The summed E-state index contributed by atoms with van der Waals surface area (Å²) in [5.41, 5.74) is 2.81. The van der Waals surface area contributed by atoms with Crippen LogP contribution < -0.4 is 5.32 Å². The maximum atomic E-state index is 5.09. The van der Waals surface area contributed by atoms with Gasteiger partial charge in [-0.1, -0.05) is 5.16 Å². The van der Waals surface area contributed by atoms with E-state index in [2.05, 4.69) is 15.5 Å². The zero-order chi connectivity index (χ0) is 10.1. The molecule has 4 nitrogen and oxygen atoms in total. The Morgan fingerprint density at radius 2 is 2.21 bits per heavy atom. The van der Waals surface area contributed by atoms with Crippen molar-refractivity contribution in [3.8, 4) is 11.3 Å². The van der Waals surface area contributed by atoms with Gasteiger partial charge in [0.05, 0.1) is 17.0 Å². The van der Waals surface area contributed by atoms with E-state index in [-0.39, 0.29) is 0 Å². The molecule has 2 aromatic rings. The zero-order valence-electron chi connectivity index (χ0n) is 8.29. The topological polar surface area (TPSA) is 51.0 Å². The largest absolute Gasteiger partial charge is 0.365 e. The summed E-state index contributed by atoms with van der Waals surface area (Å²) >= 11 is 1.57. The summed E-state index contributed by atoms with van der Waals surface area (Å²) in [5.74, 6) is 0.815. The van der Waals surface area contributed by atoms with E-state index >= 15 is 0 Å². The second kappa shape index (κ2) is 3.42. The molecule has 0 radical (unpaired) electrons. The number of aryl methyl sites for hydroxylation is 2. The monoisotopic (exact) mass is 209 g/mol. The van der Waals surface area contributed by atoms with Gasteiger partial charge < -0.3 is 9.84 Å². The van der Waals surface area contributed by atoms with Gasteiger partial charge >= 0.3 is 0 Å². The average molecular weight is 209 g/mol. The molecular formula is C9H11N3OS. The zero-order valence-corrected chi connectivity index (χ0v) is 9.10. The molecule has 0 saturated heterocycles. The molecular weight excluding hydrogens is 198 g/mol. The van der Waals surface area contributed by atoms with Gasteiger partial charge in [0.25, 0.3) is 0 Å². The Morgan fingerprint density at radius 3 is 2.71 bits per heavy atom. The number of thiazole rings is 1. The number of hydrogen-bond donors (Lipinski definition) is 1. The Kier molecular flexibility index (Phi) is 2.25. The van der Waals surface area contributed by atoms with Crippen molar-refractivity contribution < 1.29 is 4.52 Å². The van der Waals surface area contributed by atoms with E-state index < -0.39 is 0 Å². The third kappa shape index (κ3) is 1.39. The summed E-state index contributed by atoms with van der Waals surface area (Å²) in [6, 6.07) is 0. The minimum Gasteiger partial charge on any atom is -0.365 e. The highest BCUT2D eigenvalue weighted by molar-refractivity contribution is 7.14. The van der Waals surface area contributed by atoms with Crippen LogP contribution in [-0.2, 0) is 0 Å². The number of nitrogens with zero attached hydrogens (tertiary/aromatic N) is 2. The Bertz CT molecular complexity index is 427. The molecule has 0 saturated carbocycles. The van der Waals surface area contributed by atoms with Gasteiger partial charge in [-0.15, -0.1) is 11.3 Å². The molecule has 0 fully saturated rings. The van der Waals surface area contributed by atoms with Crippen LogP contribution in [0, 0.1) is 13.8 Å². The molecule has 0 amide bonds. The Hall–Kier alpha value is -1.36. The fourth-order valence-corrected chi connectivity index (χ4v) is 2.01. The van der Waals surface area contributed by atoms with Gasteiger partial charge in [0, 0.05) is 12.4 Å². The molecule has 0 aliphatic heterocycles. The van der Waals surface area contributed by atoms with Crippen LogP contribution in [0.5, 0.6) is 0 Å². The van der Waals surface area contributed by atoms with Crippen molar-refractivity contribution in [2.45, 2.75) is 13.8 Å². The van der Waals surface area contributed by atoms with Crippen molar-refractivity contribution in [2.24, 2.45) is 0 Å². The minimum absolute atomic E-state index is 0.815. The lowest BCUT2D eigenvalue weighted by molar-refractivity contribution is 0.393. The fourth-order valence-electron chi connectivity index (χ4n) is 1.35. The normalized spacial score (nSPS) is 10.5. The van der Waals surface area contributed by atoms with E-state index in [1.54, 1.807) is 11.3 Å². The van der Waals surface area contributed by atoms with E-state index in [0.717, 1.165) is 27.8 Å². The minimum atomic E-state index is 0.815. The van der Waals surface area contributed by atoms with E-state index in [0.29, 0.717) is 0 Å². The number of aromatic nitrogens is 2. The van der Waals surface area contributed by atoms with Crippen LogP contribution in [0.25, 0.3) is 11.3 Å². The molecule has 0 aliphatic rings. The highest BCUT2D eigenvalue weighted by Gasteiger charge is 2.13. The van der Waals surface area contributed by atoms with Crippen molar-refractivity contribution in [1.82, 2.24) is 10.1 Å². The van der Waals surface area contributed by atoms with Gasteiger partial charge in [-0.3, -0.25) is 0 Å². The number of nitrogens with one attached hydrogen (secondary N) is 1. The van der Waals surface area contributed by atoms with Gasteiger partial charge in [0.15, 0.2) is 5.13 Å². The predicted octanol–water partition coefficient (Wildman–Crippen LogP) is 2.46. The van der Waals surface area contributed by atoms with Crippen molar-refractivity contribution in [2.75, 3.05) is 12.4 Å². The maximum Gasteiger partial charge on any atom is 0.182 e. The third-order valence-electron chi connectivity index (χ3n) is 2.01. The van der Waals surface area contributed by atoms with E-state index in [1.807, 2.05) is 26.3 Å². The lowest BCUT2D eigenvalue weighted by Crippen LogP contribution is -1.87. The first-order chi connectivity index (χ1) is 6.72. The predicted molar refractivity (Wildman–Crippen MR) is 56.6 cm³/mol. The molecule has 0 spiro atoms. The van der Waals surface area contributed by atoms with Gasteiger partial charge in [0.2, 0.25) is 0 Å². The smallest absolute Gasteiger partial charge is 0.182 e. The first-order valence-corrected chi connectivity index (χ1v) is 5.17. The molecule has 0 bridgehead atoms. The highest BCUT2D eigenvalue weighted by Crippen LogP contribution is 2.29.